The second kappa shape index (κ2) is 9.56. The molecule has 0 saturated heterocycles. The van der Waals surface area contributed by atoms with Crippen molar-refractivity contribution in [1.29, 1.82) is 0 Å². The molecule has 8 nitrogen and oxygen atoms in total. The highest BCUT2D eigenvalue weighted by Crippen LogP contribution is 2.34. The summed E-state index contributed by atoms with van der Waals surface area (Å²) in [6.07, 6.45) is -0.0390. The second-order valence-corrected chi connectivity index (χ2v) is 9.62. The molecule has 0 saturated carbocycles. The fourth-order valence-electron chi connectivity index (χ4n) is 4.25. The van der Waals surface area contributed by atoms with Crippen LogP contribution in [-0.4, -0.2) is 51.9 Å². The molecule has 2 aromatic rings. The Hall–Kier alpha value is -3.23. The molecule has 9 heteroatoms. The first kappa shape index (κ1) is 25.4. The first-order valence-electron chi connectivity index (χ1n) is 11.3. The number of oxime groups is 1. The number of benzene rings is 1. The number of hydrogen-bond acceptors (Lipinski definition) is 6. The van der Waals surface area contributed by atoms with Crippen molar-refractivity contribution in [2.45, 2.75) is 71.1 Å². The molecule has 0 spiro atoms. The Balaban J connectivity index is 1.81. The van der Waals surface area contributed by atoms with E-state index in [1.54, 1.807) is 27.7 Å². The number of para-hydroxylation sites is 1. The van der Waals surface area contributed by atoms with Crippen LogP contribution in [0, 0.1) is 6.92 Å². The summed E-state index contributed by atoms with van der Waals surface area (Å²) in [7, 11) is 1.93. The molecule has 1 amide bonds. The Morgan fingerprint density at radius 1 is 1.29 bits per heavy atom. The van der Waals surface area contributed by atoms with Crippen LogP contribution in [0.2, 0.25) is 0 Å². The van der Waals surface area contributed by atoms with E-state index >= 15 is 0 Å². The van der Waals surface area contributed by atoms with E-state index in [1.807, 2.05) is 42.8 Å². The normalized spacial score (nSPS) is 18.9. The molecule has 2 unspecified atom stereocenters. The van der Waals surface area contributed by atoms with E-state index in [-0.39, 0.29) is 12.8 Å². The first-order chi connectivity index (χ1) is 15.9. The molecule has 0 radical (unpaired) electrons. The zero-order valence-electron chi connectivity index (χ0n) is 20.5. The van der Waals surface area contributed by atoms with Gasteiger partial charge in [-0.1, -0.05) is 30.3 Å². The van der Waals surface area contributed by atoms with Crippen LogP contribution >= 0.6 is 0 Å². The van der Waals surface area contributed by atoms with Crippen LogP contribution in [0.5, 0.6) is 0 Å². The highest BCUT2D eigenvalue weighted by Gasteiger charge is 2.47. The van der Waals surface area contributed by atoms with Gasteiger partial charge in [0.2, 0.25) is 5.60 Å². The molecule has 3 rings (SSSR count). The summed E-state index contributed by atoms with van der Waals surface area (Å²) in [5.41, 5.74) is 1.36. The molecule has 0 fully saturated rings. The van der Waals surface area contributed by atoms with Crippen molar-refractivity contribution >= 4 is 34.3 Å². The number of amides is 1. The van der Waals surface area contributed by atoms with Gasteiger partial charge in [-0.05, 0) is 45.7 Å². The average Bonchev–Trinajstić information content (AvgIpc) is 3.31. The summed E-state index contributed by atoms with van der Waals surface area (Å²) in [6, 6.07) is 6.58. The molecule has 2 heterocycles. The highest BCUT2D eigenvalue weighted by molar-refractivity contribution is 6.09. The van der Waals surface area contributed by atoms with Crippen LogP contribution in [0.4, 0.5) is 4.39 Å². The van der Waals surface area contributed by atoms with Crippen LogP contribution in [0.25, 0.3) is 10.9 Å². The largest absolute Gasteiger partial charge is 0.460 e. The van der Waals surface area contributed by atoms with Crippen LogP contribution in [0.1, 0.15) is 58.2 Å². The van der Waals surface area contributed by atoms with Crippen molar-refractivity contribution < 1.29 is 28.3 Å². The molecule has 1 aromatic heterocycles. The van der Waals surface area contributed by atoms with E-state index in [2.05, 4.69) is 10.5 Å². The summed E-state index contributed by atoms with van der Waals surface area (Å²) < 4.78 is 20.4. The van der Waals surface area contributed by atoms with E-state index in [1.165, 1.54) is 0 Å². The molecule has 184 valence electrons. The van der Waals surface area contributed by atoms with Gasteiger partial charge in [-0.25, -0.2) is 4.39 Å². The monoisotopic (exact) mass is 473 g/mol. The van der Waals surface area contributed by atoms with Crippen LogP contribution in [0.15, 0.2) is 29.4 Å². The topological polar surface area (TPSA) is 99.0 Å². The lowest BCUT2D eigenvalue weighted by molar-refractivity contribution is -0.157. The van der Waals surface area contributed by atoms with E-state index in [4.69, 9.17) is 9.57 Å². The van der Waals surface area contributed by atoms with Gasteiger partial charge in [0.05, 0.1) is 12.1 Å². The van der Waals surface area contributed by atoms with Gasteiger partial charge in [0.1, 0.15) is 24.0 Å². The van der Waals surface area contributed by atoms with Gasteiger partial charge in [-0.2, -0.15) is 0 Å². The third-order valence-corrected chi connectivity index (χ3v) is 6.02. The Kier molecular flexibility index (Phi) is 7.14. The zero-order valence-corrected chi connectivity index (χ0v) is 20.5. The number of rotatable bonds is 8. The lowest BCUT2D eigenvalue weighted by Crippen LogP contribution is -2.53. The minimum atomic E-state index is -1.37. The Bertz CT molecular complexity index is 1110. The van der Waals surface area contributed by atoms with E-state index in [9.17, 15) is 18.8 Å². The number of esters is 1. The van der Waals surface area contributed by atoms with Crippen molar-refractivity contribution in [3.63, 3.8) is 0 Å². The van der Waals surface area contributed by atoms with Crippen molar-refractivity contribution in [1.82, 2.24) is 9.88 Å². The Morgan fingerprint density at radius 2 is 1.97 bits per heavy atom. The van der Waals surface area contributed by atoms with Gasteiger partial charge in [0, 0.05) is 24.4 Å². The minimum absolute atomic E-state index is 0.170. The molecule has 1 N–H and O–H groups in total. The minimum Gasteiger partial charge on any atom is -0.460 e. The summed E-state index contributed by atoms with van der Waals surface area (Å²) in [6.45, 7) is 7.49. The SMILES string of the molecule is CCC1(C(=O)NC(CC(=O)OC(C)(C)C)C(=O)CF)CC(c2c(C)c3ccccc3n2C)=NO1. The molecule has 0 bridgehead atoms. The van der Waals surface area contributed by atoms with Gasteiger partial charge < -0.3 is 19.5 Å². The fraction of sp³-hybridized carbons (Fsp3) is 0.520. The number of fused-ring (bicyclic) bond motifs is 1. The number of carbonyl (C=O) groups excluding carboxylic acids is 3. The van der Waals surface area contributed by atoms with Crippen molar-refractivity contribution in [3.05, 3.63) is 35.5 Å². The molecule has 2 atom stereocenters. The molecular weight excluding hydrogens is 441 g/mol. The van der Waals surface area contributed by atoms with Crippen molar-refractivity contribution in [3.8, 4) is 0 Å². The molecule has 0 aliphatic carbocycles. The Morgan fingerprint density at radius 3 is 2.56 bits per heavy atom. The number of aryl methyl sites for hydroxylation is 2. The molecular formula is C25H32FN3O5. The molecule has 1 aliphatic rings. The summed E-state index contributed by atoms with van der Waals surface area (Å²) in [5, 5.41) is 7.82. The molecule has 1 aromatic carbocycles. The summed E-state index contributed by atoms with van der Waals surface area (Å²) in [4.78, 5) is 43.3. The maximum absolute atomic E-state index is 13.3. The van der Waals surface area contributed by atoms with Gasteiger partial charge in [-0.15, -0.1) is 0 Å². The standard InChI is InChI=1S/C25H32FN3O5/c1-7-25(23(32)27-17(20(30)14-26)12-21(31)33-24(3,4)5)13-18(28-34-25)22-15(2)16-10-8-9-11-19(16)29(22)6/h8-11,17H,7,12-14H2,1-6H3,(H,27,32). The predicted molar refractivity (Wildman–Crippen MR) is 126 cm³/mol. The van der Waals surface area contributed by atoms with Crippen LogP contribution < -0.4 is 5.32 Å². The number of ether oxygens (including phenoxy) is 1. The number of alkyl halides is 1. The van der Waals surface area contributed by atoms with Crippen molar-refractivity contribution in [2.75, 3.05) is 6.67 Å². The Labute approximate surface area is 198 Å². The lowest BCUT2D eigenvalue weighted by atomic mass is 9.90. The van der Waals surface area contributed by atoms with Gasteiger partial charge in [-0.3, -0.25) is 14.4 Å². The number of halogens is 1. The average molecular weight is 474 g/mol. The van der Waals surface area contributed by atoms with Crippen molar-refractivity contribution in [2.24, 2.45) is 12.2 Å². The number of aromatic nitrogens is 1. The fourth-order valence-corrected chi connectivity index (χ4v) is 4.25. The number of Topliss-reactive ketones (excluding diaryl/α,β-unsaturated/α-hetero) is 1. The lowest BCUT2D eigenvalue weighted by Gasteiger charge is -2.27. The highest BCUT2D eigenvalue weighted by atomic mass is 19.1. The smallest absolute Gasteiger partial charge is 0.308 e. The quantitative estimate of drug-likeness (QED) is 0.592. The third kappa shape index (κ3) is 4.98. The number of carbonyl (C=O) groups is 3. The first-order valence-corrected chi connectivity index (χ1v) is 11.3. The van der Waals surface area contributed by atoms with E-state index in [0.717, 1.165) is 22.2 Å². The van der Waals surface area contributed by atoms with E-state index in [0.29, 0.717) is 5.71 Å². The third-order valence-electron chi connectivity index (χ3n) is 6.02. The molecule has 1 aliphatic heterocycles. The maximum Gasteiger partial charge on any atom is 0.308 e. The van der Waals surface area contributed by atoms with Gasteiger partial charge in [0.25, 0.3) is 5.91 Å². The van der Waals surface area contributed by atoms with Gasteiger partial charge >= 0.3 is 5.97 Å². The van der Waals surface area contributed by atoms with E-state index < -0.39 is 48.0 Å². The number of nitrogens with zero attached hydrogens (tertiary/aromatic N) is 2. The summed E-state index contributed by atoms with van der Waals surface area (Å²) in [5.74, 6) is -2.24. The predicted octanol–water partition coefficient (Wildman–Crippen LogP) is 3.52. The van der Waals surface area contributed by atoms with Crippen LogP contribution in [-0.2, 0) is 31.0 Å². The zero-order chi connectivity index (χ0) is 25.3. The van der Waals surface area contributed by atoms with Gasteiger partial charge in [0.15, 0.2) is 5.78 Å². The number of nitrogens with one attached hydrogen (secondary N) is 1. The number of ketones is 1. The van der Waals surface area contributed by atoms with Crippen LogP contribution in [0.3, 0.4) is 0 Å². The summed E-state index contributed by atoms with van der Waals surface area (Å²) >= 11 is 0. The maximum atomic E-state index is 13.3. The number of hydrogen-bond donors (Lipinski definition) is 1. The molecule has 34 heavy (non-hydrogen) atoms. The second-order valence-electron chi connectivity index (χ2n) is 9.62.